The van der Waals surface area contributed by atoms with Crippen LogP contribution in [0.2, 0.25) is 0 Å². The molecule has 104 valence electrons. The van der Waals surface area contributed by atoms with E-state index in [9.17, 15) is 0 Å². The first kappa shape index (κ1) is 13.5. The van der Waals surface area contributed by atoms with Gasteiger partial charge in [0, 0.05) is 24.1 Å². The number of hydrogen-bond donors (Lipinski definition) is 1. The summed E-state index contributed by atoms with van der Waals surface area (Å²) in [6.45, 7) is 4.28. The molecule has 3 atom stereocenters. The van der Waals surface area contributed by atoms with Gasteiger partial charge in [-0.2, -0.15) is 0 Å². The maximum Gasteiger partial charge on any atom is 0.0613 e. The van der Waals surface area contributed by atoms with Crippen molar-refractivity contribution in [1.82, 2.24) is 5.32 Å². The molecule has 0 radical (unpaired) electrons. The predicted molar refractivity (Wildman–Crippen MR) is 80.7 cm³/mol. The number of thioether (sulfide) groups is 1. The molecule has 0 spiro atoms. The van der Waals surface area contributed by atoms with E-state index in [1.54, 1.807) is 0 Å². The molecule has 2 nitrogen and oxygen atoms in total. The second kappa shape index (κ2) is 6.29. The zero-order valence-electron chi connectivity index (χ0n) is 11.6. The SMILES string of the molecule is CCC1OCCC1CNC1CCSc2ccccc21. The first-order chi connectivity index (χ1) is 9.38. The van der Waals surface area contributed by atoms with Gasteiger partial charge in [0.05, 0.1) is 6.10 Å². The Kier molecular flexibility index (Phi) is 4.46. The van der Waals surface area contributed by atoms with E-state index in [1.807, 2.05) is 11.8 Å². The monoisotopic (exact) mass is 277 g/mol. The Morgan fingerprint density at radius 2 is 2.21 bits per heavy atom. The Morgan fingerprint density at radius 1 is 1.32 bits per heavy atom. The van der Waals surface area contributed by atoms with Crippen LogP contribution in [0.15, 0.2) is 29.2 Å². The maximum absolute atomic E-state index is 5.78. The van der Waals surface area contributed by atoms with Crippen molar-refractivity contribution in [2.24, 2.45) is 5.92 Å². The van der Waals surface area contributed by atoms with E-state index in [0.29, 0.717) is 18.1 Å². The molecule has 1 aromatic carbocycles. The third-order valence-corrected chi connectivity index (χ3v) is 5.46. The lowest BCUT2D eigenvalue weighted by Gasteiger charge is -2.28. The highest BCUT2D eigenvalue weighted by atomic mass is 32.2. The van der Waals surface area contributed by atoms with Gasteiger partial charge in [-0.25, -0.2) is 0 Å². The molecule has 1 aromatic rings. The predicted octanol–water partition coefficient (Wildman–Crippen LogP) is 3.63. The highest BCUT2D eigenvalue weighted by molar-refractivity contribution is 7.99. The zero-order chi connectivity index (χ0) is 13.1. The Hall–Kier alpha value is -0.510. The maximum atomic E-state index is 5.78. The summed E-state index contributed by atoms with van der Waals surface area (Å²) < 4.78 is 5.78. The number of rotatable bonds is 4. The highest BCUT2D eigenvalue weighted by Crippen LogP contribution is 2.36. The van der Waals surface area contributed by atoms with E-state index in [1.165, 1.54) is 29.1 Å². The minimum absolute atomic E-state index is 0.473. The molecule has 0 saturated carbocycles. The van der Waals surface area contributed by atoms with Crippen molar-refractivity contribution in [3.05, 3.63) is 29.8 Å². The lowest BCUT2D eigenvalue weighted by Crippen LogP contribution is -2.32. The van der Waals surface area contributed by atoms with Crippen LogP contribution in [0, 0.1) is 5.92 Å². The molecule has 2 heterocycles. The van der Waals surface area contributed by atoms with E-state index >= 15 is 0 Å². The Labute approximate surface area is 120 Å². The lowest BCUT2D eigenvalue weighted by atomic mass is 9.97. The Balaban J connectivity index is 1.62. The van der Waals surface area contributed by atoms with Gasteiger partial charge in [-0.1, -0.05) is 25.1 Å². The molecule has 3 rings (SSSR count). The van der Waals surface area contributed by atoms with E-state index in [2.05, 4.69) is 36.5 Å². The van der Waals surface area contributed by atoms with Gasteiger partial charge in [0.15, 0.2) is 0 Å². The van der Waals surface area contributed by atoms with Crippen LogP contribution < -0.4 is 5.32 Å². The fourth-order valence-corrected chi connectivity index (χ4v) is 4.35. The summed E-state index contributed by atoms with van der Waals surface area (Å²) in [6, 6.07) is 9.37. The summed E-state index contributed by atoms with van der Waals surface area (Å²) in [7, 11) is 0. The number of hydrogen-bond acceptors (Lipinski definition) is 3. The van der Waals surface area contributed by atoms with Crippen molar-refractivity contribution < 1.29 is 4.74 Å². The number of benzene rings is 1. The van der Waals surface area contributed by atoms with Crippen LogP contribution >= 0.6 is 11.8 Å². The second-order valence-electron chi connectivity index (χ2n) is 5.50. The van der Waals surface area contributed by atoms with Gasteiger partial charge in [0.1, 0.15) is 0 Å². The number of fused-ring (bicyclic) bond motifs is 1. The van der Waals surface area contributed by atoms with Crippen LogP contribution in [0.1, 0.15) is 37.8 Å². The summed E-state index contributed by atoms with van der Waals surface area (Å²) >= 11 is 1.99. The van der Waals surface area contributed by atoms with Crippen molar-refractivity contribution in [1.29, 1.82) is 0 Å². The summed E-state index contributed by atoms with van der Waals surface area (Å²) in [5, 5.41) is 3.79. The molecule has 2 aliphatic rings. The average molecular weight is 277 g/mol. The molecule has 3 heteroatoms. The van der Waals surface area contributed by atoms with Crippen LogP contribution in [0.5, 0.6) is 0 Å². The molecule has 3 unspecified atom stereocenters. The van der Waals surface area contributed by atoms with Crippen molar-refractivity contribution in [2.45, 2.75) is 43.2 Å². The van der Waals surface area contributed by atoms with Crippen LogP contribution in [-0.4, -0.2) is 25.0 Å². The topological polar surface area (TPSA) is 21.3 Å². The quantitative estimate of drug-likeness (QED) is 0.908. The van der Waals surface area contributed by atoms with Crippen molar-refractivity contribution in [2.75, 3.05) is 18.9 Å². The molecular weight excluding hydrogens is 254 g/mol. The zero-order valence-corrected chi connectivity index (χ0v) is 12.4. The van der Waals surface area contributed by atoms with Crippen LogP contribution in [-0.2, 0) is 4.74 Å². The van der Waals surface area contributed by atoms with Gasteiger partial charge >= 0.3 is 0 Å². The standard InChI is InChI=1S/C16H23NOS/c1-2-15-12(7-9-18-15)11-17-14-8-10-19-16-6-4-3-5-13(14)16/h3-6,12,14-15,17H,2,7-11H2,1H3. The van der Waals surface area contributed by atoms with Gasteiger partial charge in [-0.15, -0.1) is 11.8 Å². The average Bonchev–Trinajstić information content (AvgIpc) is 2.92. The second-order valence-corrected chi connectivity index (χ2v) is 6.64. The van der Waals surface area contributed by atoms with Crippen molar-refractivity contribution >= 4 is 11.8 Å². The summed E-state index contributed by atoms with van der Waals surface area (Å²) in [4.78, 5) is 1.46. The summed E-state index contributed by atoms with van der Waals surface area (Å²) in [6.07, 6.45) is 4.07. The molecule has 1 fully saturated rings. The molecule has 2 aliphatic heterocycles. The first-order valence-electron chi connectivity index (χ1n) is 7.45. The third-order valence-electron chi connectivity index (χ3n) is 4.33. The molecule has 1 N–H and O–H groups in total. The van der Waals surface area contributed by atoms with Crippen LogP contribution in [0.4, 0.5) is 0 Å². The summed E-state index contributed by atoms with van der Waals surface area (Å²) in [5.41, 5.74) is 1.49. The van der Waals surface area contributed by atoms with Crippen molar-refractivity contribution in [3.63, 3.8) is 0 Å². The van der Waals surface area contributed by atoms with Gasteiger partial charge in [-0.3, -0.25) is 0 Å². The minimum atomic E-state index is 0.473. The molecular formula is C16H23NOS. The van der Waals surface area contributed by atoms with Crippen LogP contribution in [0.3, 0.4) is 0 Å². The molecule has 0 aromatic heterocycles. The van der Waals surface area contributed by atoms with Gasteiger partial charge in [-0.05, 0) is 42.6 Å². The molecule has 0 aliphatic carbocycles. The van der Waals surface area contributed by atoms with Crippen molar-refractivity contribution in [3.8, 4) is 0 Å². The fraction of sp³-hybridized carbons (Fsp3) is 0.625. The van der Waals surface area contributed by atoms with Crippen LogP contribution in [0.25, 0.3) is 0 Å². The van der Waals surface area contributed by atoms with Gasteiger partial charge in [0.25, 0.3) is 0 Å². The molecule has 0 bridgehead atoms. The highest BCUT2D eigenvalue weighted by Gasteiger charge is 2.28. The van der Waals surface area contributed by atoms with E-state index in [0.717, 1.165) is 19.6 Å². The Morgan fingerprint density at radius 3 is 3.11 bits per heavy atom. The smallest absolute Gasteiger partial charge is 0.0613 e. The van der Waals surface area contributed by atoms with Gasteiger partial charge in [0.2, 0.25) is 0 Å². The third kappa shape index (κ3) is 2.99. The normalized spacial score (nSPS) is 30.3. The Bertz CT molecular complexity index is 423. The number of ether oxygens (including phenoxy) is 1. The summed E-state index contributed by atoms with van der Waals surface area (Å²) in [5.74, 6) is 1.93. The largest absolute Gasteiger partial charge is 0.378 e. The molecule has 0 amide bonds. The van der Waals surface area contributed by atoms with E-state index < -0.39 is 0 Å². The number of nitrogens with one attached hydrogen (secondary N) is 1. The van der Waals surface area contributed by atoms with E-state index in [-0.39, 0.29) is 0 Å². The minimum Gasteiger partial charge on any atom is -0.378 e. The lowest BCUT2D eigenvalue weighted by molar-refractivity contribution is 0.0865. The fourth-order valence-electron chi connectivity index (χ4n) is 3.23. The first-order valence-corrected chi connectivity index (χ1v) is 8.43. The molecule has 1 saturated heterocycles. The van der Waals surface area contributed by atoms with E-state index in [4.69, 9.17) is 4.74 Å². The molecule has 19 heavy (non-hydrogen) atoms. The van der Waals surface area contributed by atoms with Gasteiger partial charge < -0.3 is 10.1 Å².